The molecule has 26 heavy (non-hydrogen) atoms. The van der Waals surface area contributed by atoms with Crippen molar-refractivity contribution in [1.29, 1.82) is 0 Å². The van der Waals surface area contributed by atoms with Crippen molar-refractivity contribution in [3.05, 3.63) is 59.7 Å². The van der Waals surface area contributed by atoms with Crippen molar-refractivity contribution in [2.75, 3.05) is 24.1 Å². The van der Waals surface area contributed by atoms with E-state index in [1.165, 1.54) is 0 Å². The van der Waals surface area contributed by atoms with Crippen LogP contribution in [0.3, 0.4) is 0 Å². The van der Waals surface area contributed by atoms with Gasteiger partial charge < -0.3 is 16.0 Å². The molecule has 0 aromatic heterocycles. The summed E-state index contributed by atoms with van der Waals surface area (Å²) in [6.45, 7) is 1.79. The van der Waals surface area contributed by atoms with Crippen molar-refractivity contribution >= 4 is 35.6 Å². The normalized spacial score (nSPS) is 13.2. The van der Waals surface area contributed by atoms with E-state index < -0.39 is 0 Å². The molecular weight excluding hydrogens is 350 g/mol. The lowest BCUT2D eigenvalue weighted by atomic mass is 10.1. The molecule has 1 saturated heterocycles. The number of likely N-dealkylation sites (tertiary alicyclic amines) is 1. The molecule has 1 aliphatic heterocycles. The summed E-state index contributed by atoms with van der Waals surface area (Å²) in [5.41, 5.74) is 8.54. The van der Waals surface area contributed by atoms with Crippen LogP contribution < -0.4 is 11.1 Å². The maximum absolute atomic E-state index is 12.2. The SMILES string of the molecule is Cl.Nc1ccccc1C(=O)Nc1ccc(CCC(=O)N2CCCC2)cc1. The summed E-state index contributed by atoms with van der Waals surface area (Å²) >= 11 is 0. The van der Waals surface area contributed by atoms with Crippen molar-refractivity contribution in [2.45, 2.75) is 25.7 Å². The number of aryl methyl sites for hydroxylation is 1. The standard InChI is InChI=1S/C20H23N3O2.ClH/c21-18-6-2-1-5-17(18)20(25)22-16-10-7-15(8-11-16)9-12-19(24)23-13-3-4-14-23;/h1-2,5-8,10-11H,3-4,9,12-14,21H2,(H,22,25);1H. The Hall–Kier alpha value is -2.53. The van der Waals surface area contributed by atoms with Gasteiger partial charge in [-0.2, -0.15) is 0 Å². The van der Waals surface area contributed by atoms with Gasteiger partial charge in [-0.3, -0.25) is 9.59 Å². The van der Waals surface area contributed by atoms with Crippen LogP contribution in [0.15, 0.2) is 48.5 Å². The molecule has 0 bridgehead atoms. The Kier molecular flexibility index (Phi) is 7.04. The quantitative estimate of drug-likeness (QED) is 0.787. The first-order valence-corrected chi connectivity index (χ1v) is 8.66. The van der Waals surface area contributed by atoms with Gasteiger partial charge in [0.15, 0.2) is 0 Å². The molecule has 0 atom stereocenters. The monoisotopic (exact) mass is 373 g/mol. The van der Waals surface area contributed by atoms with Crippen LogP contribution in [-0.4, -0.2) is 29.8 Å². The third-order valence-electron chi connectivity index (χ3n) is 4.50. The summed E-state index contributed by atoms with van der Waals surface area (Å²) in [5, 5.41) is 2.84. The van der Waals surface area contributed by atoms with Gasteiger partial charge in [0.2, 0.25) is 5.91 Å². The molecule has 2 amide bonds. The molecule has 6 heteroatoms. The lowest BCUT2D eigenvalue weighted by Gasteiger charge is -2.15. The number of carbonyl (C=O) groups is 2. The Balaban J connectivity index is 0.00000243. The van der Waals surface area contributed by atoms with Gasteiger partial charge in [0.05, 0.1) is 5.56 Å². The third kappa shape index (κ3) is 4.99. The Labute approximate surface area is 160 Å². The number of para-hydroxylation sites is 1. The predicted molar refractivity (Wildman–Crippen MR) is 107 cm³/mol. The van der Waals surface area contributed by atoms with Crippen LogP contribution in [0.1, 0.15) is 35.2 Å². The minimum Gasteiger partial charge on any atom is -0.398 e. The molecule has 2 aromatic rings. The summed E-state index contributed by atoms with van der Waals surface area (Å²) in [6, 6.07) is 14.6. The molecule has 1 heterocycles. The number of amides is 2. The molecule has 1 aliphatic rings. The van der Waals surface area contributed by atoms with Gasteiger partial charge in [0.1, 0.15) is 0 Å². The minimum absolute atomic E-state index is 0. The van der Waals surface area contributed by atoms with E-state index >= 15 is 0 Å². The molecular formula is C20H24ClN3O2. The van der Waals surface area contributed by atoms with Gasteiger partial charge in [0, 0.05) is 30.9 Å². The molecule has 0 radical (unpaired) electrons. The molecule has 3 N–H and O–H groups in total. The zero-order chi connectivity index (χ0) is 17.6. The average Bonchev–Trinajstić information content (AvgIpc) is 3.16. The lowest BCUT2D eigenvalue weighted by Crippen LogP contribution is -2.27. The highest BCUT2D eigenvalue weighted by molar-refractivity contribution is 6.07. The van der Waals surface area contributed by atoms with Gasteiger partial charge in [0.25, 0.3) is 5.91 Å². The zero-order valence-corrected chi connectivity index (χ0v) is 15.4. The number of hydrogen-bond acceptors (Lipinski definition) is 3. The number of benzene rings is 2. The zero-order valence-electron chi connectivity index (χ0n) is 14.6. The number of anilines is 2. The molecule has 0 saturated carbocycles. The second kappa shape index (κ2) is 9.25. The first-order chi connectivity index (χ1) is 12.1. The number of halogens is 1. The first-order valence-electron chi connectivity index (χ1n) is 8.66. The molecule has 0 spiro atoms. The van der Waals surface area contributed by atoms with Crippen LogP contribution >= 0.6 is 12.4 Å². The number of carbonyl (C=O) groups excluding carboxylic acids is 2. The maximum Gasteiger partial charge on any atom is 0.257 e. The fourth-order valence-corrected chi connectivity index (χ4v) is 3.03. The summed E-state index contributed by atoms with van der Waals surface area (Å²) in [5.74, 6) is 0.00416. The molecule has 2 aromatic carbocycles. The Morgan fingerprint density at radius 3 is 2.31 bits per heavy atom. The minimum atomic E-state index is -0.227. The highest BCUT2D eigenvalue weighted by Crippen LogP contribution is 2.16. The van der Waals surface area contributed by atoms with Crippen LogP contribution in [0, 0.1) is 0 Å². The molecule has 1 fully saturated rings. The van der Waals surface area contributed by atoms with E-state index in [2.05, 4.69) is 5.32 Å². The number of nitrogen functional groups attached to an aromatic ring is 1. The largest absolute Gasteiger partial charge is 0.398 e. The van der Waals surface area contributed by atoms with E-state index in [1.54, 1.807) is 24.3 Å². The van der Waals surface area contributed by atoms with E-state index in [-0.39, 0.29) is 24.2 Å². The fraction of sp³-hybridized carbons (Fsp3) is 0.300. The highest BCUT2D eigenvalue weighted by atomic mass is 35.5. The molecule has 0 aliphatic carbocycles. The summed E-state index contributed by atoms with van der Waals surface area (Å²) < 4.78 is 0. The van der Waals surface area contributed by atoms with E-state index in [1.807, 2.05) is 29.2 Å². The van der Waals surface area contributed by atoms with Crippen LogP contribution in [0.5, 0.6) is 0 Å². The van der Waals surface area contributed by atoms with E-state index in [9.17, 15) is 9.59 Å². The molecule has 138 valence electrons. The van der Waals surface area contributed by atoms with Gasteiger partial charge in [-0.1, -0.05) is 24.3 Å². The second-order valence-electron chi connectivity index (χ2n) is 6.33. The summed E-state index contributed by atoms with van der Waals surface area (Å²) in [4.78, 5) is 26.3. The van der Waals surface area contributed by atoms with Crippen molar-refractivity contribution in [3.8, 4) is 0 Å². The number of nitrogens with one attached hydrogen (secondary N) is 1. The van der Waals surface area contributed by atoms with Crippen LogP contribution in [0.4, 0.5) is 11.4 Å². The third-order valence-corrected chi connectivity index (χ3v) is 4.50. The van der Waals surface area contributed by atoms with Crippen molar-refractivity contribution in [2.24, 2.45) is 0 Å². The maximum atomic E-state index is 12.2. The Morgan fingerprint density at radius 2 is 1.65 bits per heavy atom. The number of hydrogen-bond donors (Lipinski definition) is 2. The topological polar surface area (TPSA) is 75.4 Å². The second-order valence-corrected chi connectivity index (χ2v) is 6.33. The van der Waals surface area contributed by atoms with Crippen molar-refractivity contribution < 1.29 is 9.59 Å². The molecule has 5 nitrogen and oxygen atoms in total. The van der Waals surface area contributed by atoms with Crippen LogP contribution in [0.2, 0.25) is 0 Å². The van der Waals surface area contributed by atoms with Gasteiger partial charge in [-0.05, 0) is 49.1 Å². The van der Waals surface area contributed by atoms with Gasteiger partial charge in [-0.25, -0.2) is 0 Å². The van der Waals surface area contributed by atoms with E-state index in [4.69, 9.17) is 5.73 Å². The number of nitrogens with zero attached hydrogens (tertiary/aromatic N) is 1. The molecule has 0 unspecified atom stereocenters. The smallest absolute Gasteiger partial charge is 0.257 e. The summed E-state index contributed by atoms with van der Waals surface area (Å²) in [6.07, 6.45) is 3.49. The van der Waals surface area contributed by atoms with Crippen molar-refractivity contribution in [3.63, 3.8) is 0 Å². The van der Waals surface area contributed by atoms with Crippen LogP contribution in [-0.2, 0) is 11.2 Å². The number of rotatable bonds is 5. The van der Waals surface area contributed by atoms with Crippen LogP contribution in [0.25, 0.3) is 0 Å². The number of nitrogens with two attached hydrogens (primary N) is 1. The average molecular weight is 374 g/mol. The van der Waals surface area contributed by atoms with Crippen molar-refractivity contribution in [1.82, 2.24) is 4.90 Å². The predicted octanol–water partition coefficient (Wildman–Crippen LogP) is 3.50. The molecule has 3 rings (SSSR count). The highest BCUT2D eigenvalue weighted by Gasteiger charge is 2.17. The lowest BCUT2D eigenvalue weighted by molar-refractivity contribution is -0.130. The first kappa shape index (κ1) is 19.8. The Bertz CT molecular complexity index is 756. The Morgan fingerprint density at radius 1 is 1.00 bits per heavy atom. The fourth-order valence-electron chi connectivity index (χ4n) is 3.03. The van der Waals surface area contributed by atoms with E-state index in [0.717, 1.165) is 37.9 Å². The van der Waals surface area contributed by atoms with Gasteiger partial charge in [-0.15, -0.1) is 12.4 Å². The summed E-state index contributed by atoms with van der Waals surface area (Å²) in [7, 11) is 0. The van der Waals surface area contributed by atoms with E-state index in [0.29, 0.717) is 23.4 Å². The van der Waals surface area contributed by atoms with Gasteiger partial charge >= 0.3 is 0 Å².